The van der Waals surface area contributed by atoms with Crippen molar-refractivity contribution in [2.75, 3.05) is 12.4 Å². The van der Waals surface area contributed by atoms with Crippen molar-refractivity contribution in [3.8, 4) is 6.07 Å². The van der Waals surface area contributed by atoms with Gasteiger partial charge in [0.05, 0.1) is 17.4 Å². The highest BCUT2D eigenvalue weighted by atomic mass is 32.2. The Balaban J connectivity index is 2.64. The molecule has 1 aromatic carbocycles. The Morgan fingerprint density at radius 2 is 2.11 bits per heavy atom. The van der Waals surface area contributed by atoms with Crippen molar-refractivity contribution in [3.05, 3.63) is 29.8 Å². The van der Waals surface area contributed by atoms with Crippen LogP contribution in [-0.4, -0.2) is 24.4 Å². The first-order valence-corrected chi connectivity index (χ1v) is 6.00. The van der Waals surface area contributed by atoms with E-state index in [9.17, 15) is 18.0 Å². The lowest BCUT2D eigenvalue weighted by Crippen LogP contribution is -2.29. The molecule has 0 aliphatic heterocycles. The van der Waals surface area contributed by atoms with Crippen LogP contribution >= 0.6 is 11.8 Å². The van der Waals surface area contributed by atoms with Crippen LogP contribution in [0.15, 0.2) is 29.2 Å². The topological polar surface area (TPSA) is 62.1 Å². The zero-order chi connectivity index (χ0) is 14.3. The number of halogens is 3. The average Bonchev–Trinajstić information content (AvgIpc) is 2.35. The predicted molar refractivity (Wildman–Crippen MR) is 62.3 cm³/mol. The smallest absolute Gasteiger partial charge is 0.267 e. The van der Waals surface area contributed by atoms with E-state index in [1.807, 2.05) is 6.07 Å². The van der Waals surface area contributed by atoms with E-state index in [0.717, 1.165) is 11.8 Å². The second-order valence-electron chi connectivity index (χ2n) is 3.28. The van der Waals surface area contributed by atoms with E-state index in [1.165, 1.54) is 6.07 Å². The van der Waals surface area contributed by atoms with E-state index in [1.54, 1.807) is 23.7 Å². The number of alkyl halides is 3. The molecule has 0 fully saturated rings. The molecule has 102 valence electrons. The number of nitrogens with zero attached hydrogens (tertiary/aromatic N) is 1. The van der Waals surface area contributed by atoms with Gasteiger partial charge in [0.15, 0.2) is 6.61 Å². The van der Waals surface area contributed by atoms with Crippen LogP contribution in [0.25, 0.3) is 0 Å². The number of carbonyl (C=O) groups excluding carboxylic acids is 1. The fourth-order valence-corrected chi connectivity index (χ4v) is 1.84. The molecule has 0 heterocycles. The third-order valence-electron chi connectivity index (χ3n) is 1.82. The molecule has 4 nitrogen and oxygen atoms in total. The van der Waals surface area contributed by atoms with Crippen molar-refractivity contribution in [1.82, 2.24) is 5.48 Å². The van der Waals surface area contributed by atoms with Gasteiger partial charge in [-0.2, -0.15) is 18.4 Å². The van der Waals surface area contributed by atoms with Crippen LogP contribution in [0.3, 0.4) is 0 Å². The van der Waals surface area contributed by atoms with Gasteiger partial charge in [0.1, 0.15) is 0 Å². The van der Waals surface area contributed by atoms with Crippen LogP contribution in [0.4, 0.5) is 13.2 Å². The molecule has 0 bridgehead atoms. The molecular weight excluding hydrogens is 281 g/mol. The molecule has 0 atom stereocenters. The van der Waals surface area contributed by atoms with Crippen LogP contribution in [0.5, 0.6) is 0 Å². The van der Waals surface area contributed by atoms with Gasteiger partial charge >= 0.3 is 6.18 Å². The highest BCUT2D eigenvalue weighted by Gasteiger charge is 2.28. The van der Waals surface area contributed by atoms with Crippen molar-refractivity contribution < 1.29 is 22.8 Å². The normalized spacial score (nSPS) is 10.8. The average molecular weight is 290 g/mol. The van der Waals surface area contributed by atoms with E-state index in [4.69, 9.17) is 5.26 Å². The second-order valence-corrected chi connectivity index (χ2v) is 4.30. The van der Waals surface area contributed by atoms with Crippen LogP contribution in [0, 0.1) is 11.3 Å². The van der Waals surface area contributed by atoms with E-state index < -0.39 is 18.7 Å². The number of thioether (sulfide) groups is 1. The Hall–Kier alpha value is -1.72. The van der Waals surface area contributed by atoms with Crippen LogP contribution in [0.1, 0.15) is 10.4 Å². The molecule has 0 unspecified atom stereocenters. The lowest BCUT2D eigenvalue weighted by atomic mass is 10.2. The Bertz CT molecular complexity index is 486. The molecule has 0 aromatic heterocycles. The highest BCUT2D eigenvalue weighted by molar-refractivity contribution is 7.99. The Morgan fingerprint density at radius 3 is 2.74 bits per heavy atom. The van der Waals surface area contributed by atoms with E-state index >= 15 is 0 Å². The molecule has 8 heteroatoms. The first-order valence-electron chi connectivity index (χ1n) is 5.01. The van der Waals surface area contributed by atoms with E-state index in [2.05, 4.69) is 4.84 Å². The van der Waals surface area contributed by atoms with E-state index in [-0.39, 0.29) is 11.3 Å². The maximum absolute atomic E-state index is 11.8. The molecule has 0 aliphatic carbocycles. The second kappa shape index (κ2) is 7.01. The Morgan fingerprint density at radius 1 is 1.42 bits per heavy atom. The third-order valence-corrected chi connectivity index (χ3v) is 2.77. The summed E-state index contributed by atoms with van der Waals surface area (Å²) in [5, 5.41) is 8.47. The zero-order valence-electron chi connectivity index (χ0n) is 9.53. The molecule has 0 aliphatic rings. The summed E-state index contributed by atoms with van der Waals surface area (Å²) in [6.45, 7) is -1.56. The summed E-state index contributed by atoms with van der Waals surface area (Å²) < 4.78 is 35.5. The number of hydrogen-bond donors (Lipinski definition) is 1. The van der Waals surface area contributed by atoms with E-state index in [0.29, 0.717) is 4.90 Å². The fraction of sp³-hybridized carbons (Fsp3) is 0.273. The molecule has 19 heavy (non-hydrogen) atoms. The van der Waals surface area contributed by atoms with Gasteiger partial charge in [-0.05, 0) is 12.1 Å². The number of carbonyl (C=O) groups is 1. The minimum Gasteiger partial charge on any atom is -0.267 e. The number of nitrogens with one attached hydrogen (secondary N) is 1. The quantitative estimate of drug-likeness (QED) is 0.668. The first kappa shape index (κ1) is 15.3. The summed E-state index contributed by atoms with van der Waals surface area (Å²) in [6, 6.07) is 8.16. The molecule has 0 spiro atoms. The molecule has 1 amide bonds. The Labute approximate surface area is 111 Å². The number of amides is 1. The van der Waals surface area contributed by atoms with Crippen molar-refractivity contribution in [2.45, 2.75) is 11.1 Å². The lowest BCUT2D eigenvalue weighted by molar-refractivity contribution is -0.184. The first-order chi connectivity index (χ1) is 8.94. The van der Waals surface area contributed by atoms with Gasteiger partial charge in [-0.1, -0.05) is 12.1 Å². The van der Waals surface area contributed by atoms with Crippen LogP contribution in [0.2, 0.25) is 0 Å². The summed E-state index contributed by atoms with van der Waals surface area (Å²) in [5.74, 6) is -0.654. The van der Waals surface area contributed by atoms with Crippen molar-refractivity contribution >= 4 is 17.7 Å². The number of nitriles is 1. The van der Waals surface area contributed by atoms with Crippen LogP contribution in [-0.2, 0) is 4.84 Å². The molecular formula is C11H9F3N2O2S. The molecule has 0 saturated carbocycles. The molecule has 0 radical (unpaired) electrons. The van der Waals surface area contributed by atoms with Crippen molar-refractivity contribution in [3.63, 3.8) is 0 Å². The van der Waals surface area contributed by atoms with Crippen molar-refractivity contribution in [1.29, 1.82) is 5.26 Å². The summed E-state index contributed by atoms with van der Waals surface area (Å²) in [4.78, 5) is 16.2. The van der Waals surface area contributed by atoms with Gasteiger partial charge in [-0.25, -0.2) is 5.48 Å². The monoisotopic (exact) mass is 290 g/mol. The largest absolute Gasteiger partial charge is 0.414 e. The number of rotatable bonds is 5. The van der Waals surface area contributed by atoms with Gasteiger partial charge in [0.2, 0.25) is 0 Å². The summed E-state index contributed by atoms with van der Waals surface area (Å²) in [7, 11) is 0. The number of hydrogen-bond acceptors (Lipinski definition) is 4. The van der Waals surface area contributed by atoms with Crippen molar-refractivity contribution in [2.24, 2.45) is 0 Å². The molecule has 1 N–H and O–H groups in total. The maximum atomic E-state index is 11.8. The Kier molecular flexibility index (Phi) is 5.66. The van der Waals surface area contributed by atoms with Gasteiger partial charge in [-0.15, -0.1) is 11.8 Å². The minimum atomic E-state index is -4.51. The minimum absolute atomic E-state index is 0.133. The number of hydroxylamine groups is 1. The fourth-order valence-electron chi connectivity index (χ4n) is 1.13. The van der Waals surface area contributed by atoms with Gasteiger partial charge in [0, 0.05) is 4.90 Å². The van der Waals surface area contributed by atoms with Gasteiger partial charge in [-0.3, -0.25) is 9.63 Å². The summed E-state index contributed by atoms with van der Waals surface area (Å²) >= 11 is 1.11. The zero-order valence-corrected chi connectivity index (χ0v) is 10.3. The standard InChI is InChI=1S/C11H9F3N2O2S/c12-11(13,14)7-18-16-10(17)8-3-1-2-4-9(8)19-6-5-15/h1-4H,6-7H2,(H,16,17). The SMILES string of the molecule is N#CCSc1ccccc1C(=O)NOCC(F)(F)F. The number of benzene rings is 1. The molecule has 1 rings (SSSR count). The molecule has 1 aromatic rings. The predicted octanol–water partition coefficient (Wildman–Crippen LogP) is 2.53. The van der Waals surface area contributed by atoms with Crippen LogP contribution < -0.4 is 5.48 Å². The third kappa shape index (κ3) is 5.63. The summed E-state index contributed by atoms with van der Waals surface area (Å²) in [6.07, 6.45) is -4.51. The summed E-state index contributed by atoms with van der Waals surface area (Å²) in [5.41, 5.74) is 1.87. The molecule has 0 saturated heterocycles. The van der Waals surface area contributed by atoms with Gasteiger partial charge < -0.3 is 0 Å². The highest BCUT2D eigenvalue weighted by Crippen LogP contribution is 2.22. The maximum Gasteiger partial charge on any atom is 0.414 e. The lowest BCUT2D eigenvalue weighted by Gasteiger charge is -2.10. The van der Waals surface area contributed by atoms with Gasteiger partial charge in [0.25, 0.3) is 5.91 Å².